The SMILES string of the molecule is C[C@H]1[C@H](C)CCC[C@@H]1NC(=O)[C@@H]1N(CCN2CCCCCC2)C(=O)[C@@H]2[C@@H](C(=O)Nc3ccc(F)c(Cl)c3)[C@@H]3C=C[C@]21O3. The van der Waals surface area contributed by atoms with Crippen molar-refractivity contribution in [2.24, 2.45) is 23.7 Å². The molecule has 42 heavy (non-hydrogen) atoms. The normalized spacial score (nSPS) is 36.1. The number of ether oxygens (including phenoxy) is 1. The molecule has 1 aliphatic carbocycles. The zero-order valence-electron chi connectivity index (χ0n) is 24.5. The molecule has 0 unspecified atom stereocenters. The van der Waals surface area contributed by atoms with Gasteiger partial charge in [-0.1, -0.05) is 63.3 Å². The number of amides is 3. The Morgan fingerprint density at radius 1 is 1.07 bits per heavy atom. The smallest absolute Gasteiger partial charge is 0.246 e. The van der Waals surface area contributed by atoms with Crippen molar-refractivity contribution in [1.29, 1.82) is 0 Å². The predicted molar refractivity (Wildman–Crippen MR) is 158 cm³/mol. The third-order valence-corrected chi connectivity index (χ3v) is 10.8. The van der Waals surface area contributed by atoms with Crippen molar-refractivity contribution in [1.82, 2.24) is 15.1 Å². The van der Waals surface area contributed by atoms with Gasteiger partial charge in [0, 0.05) is 24.8 Å². The van der Waals surface area contributed by atoms with Gasteiger partial charge in [0.1, 0.15) is 17.5 Å². The summed E-state index contributed by atoms with van der Waals surface area (Å²) in [5.74, 6) is -2.23. The summed E-state index contributed by atoms with van der Waals surface area (Å²) in [4.78, 5) is 46.2. The highest BCUT2D eigenvalue weighted by Crippen LogP contribution is 2.55. The monoisotopic (exact) mass is 600 g/mol. The molecule has 3 amide bonds. The van der Waals surface area contributed by atoms with Crippen LogP contribution in [0.15, 0.2) is 30.4 Å². The number of likely N-dealkylation sites (tertiary alicyclic amines) is 2. The van der Waals surface area contributed by atoms with E-state index in [1.165, 1.54) is 31.0 Å². The van der Waals surface area contributed by atoms with Gasteiger partial charge in [-0.25, -0.2) is 4.39 Å². The second-order valence-electron chi connectivity index (χ2n) is 13.0. The maximum atomic E-state index is 14.3. The number of benzene rings is 1. The highest BCUT2D eigenvalue weighted by atomic mass is 35.5. The van der Waals surface area contributed by atoms with Crippen LogP contribution in [0.5, 0.6) is 0 Å². The molecule has 8 atom stereocenters. The lowest BCUT2D eigenvalue weighted by Gasteiger charge is -2.38. The van der Waals surface area contributed by atoms with Crippen LogP contribution in [0.3, 0.4) is 0 Å². The van der Waals surface area contributed by atoms with E-state index < -0.39 is 41.3 Å². The summed E-state index contributed by atoms with van der Waals surface area (Å²) >= 11 is 5.94. The number of carbonyl (C=O) groups is 3. The highest BCUT2D eigenvalue weighted by Gasteiger charge is 2.72. The first kappa shape index (κ1) is 29.6. The topological polar surface area (TPSA) is 91.0 Å². The zero-order chi connectivity index (χ0) is 29.6. The Kier molecular flexibility index (Phi) is 8.37. The van der Waals surface area contributed by atoms with Crippen molar-refractivity contribution in [3.8, 4) is 0 Å². The second kappa shape index (κ2) is 11.9. The maximum Gasteiger partial charge on any atom is 0.246 e. The first-order chi connectivity index (χ1) is 20.2. The molecule has 4 fully saturated rings. The lowest BCUT2D eigenvalue weighted by Crippen LogP contribution is -2.58. The number of hydrogen-bond donors (Lipinski definition) is 2. The van der Waals surface area contributed by atoms with E-state index in [1.54, 1.807) is 4.90 Å². The van der Waals surface area contributed by atoms with Crippen LogP contribution in [-0.4, -0.2) is 77.5 Å². The van der Waals surface area contributed by atoms with Gasteiger partial charge >= 0.3 is 0 Å². The van der Waals surface area contributed by atoms with Crippen LogP contribution in [0.2, 0.25) is 5.02 Å². The van der Waals surface area contributed by atoms with E-state index in [1.807, 2.05) is 12.2 Å². The zero-order valence-corrected chi connectivity index (χ0v) is 25.2. The van der Waals surface area contributed by atoms with Crippen molar-refractivity contribution in [2.75, 3.05) is 31.5 Å². The summed E-state index contributed by atoms with van der Waals surface area (Å²) in [6, 6.07) is 3.15. The fourth-order valence-electron chi connectivity index (χ4n) is 7.96. The Labute approximate surface area is 252 Å². The van der Waals surface area contributed by atoms with Crippen LogP contribution in [0.4, 0.5) is 10.1 Å². The summed E-state index contributed by atoms with van der Waals surface area (Å²) in [7, 11) is 0. The third kappa shape index (κ3) is 5.26. The number of hydrogen-bond acceptors (Lipinski definition) is 5. The molecule has 1 aromatic carbocycles. The Morgan fingerprint density at radius 2 is 1.83 bits per heavy atom. The van der Waals surface area contributed by atoms with Crippen LogP contribution >= 0.6 is 11.6 Å². The number of nitrogens with zero attached hydrogens (tertiary/aromatic N) is 2. The third-order valence-electron chi connectivity index (χ3n) is 10.5. The summed E-state index contributed by atoms with van der Waals surface area (Å²) in [6.07, 6.45) is 10.8. The lowest BCUT2D eigenvalue weighted by atomic mass is 9.73. The van der Waals surface area contributed by atoms with Gasteiger partial charge in [-0.15, -0.1) is 0 Å². The van der Waals surface area contributed by atoms with Gasteiger partial charge in [-0.2, -0.15) is 0 Å². The van der Waals surface area contributed by atoms with Gasteiger partial charge < -0.3 is 25.2 Å². The molecule has 228 valence electrons. The van der Waals surface area contributed by atoms with Gasteiger partial charge in [0.15, 0.2) is 0 Å². The number of halogens is 2. The predicted octanol–water partition coefficient (Wildman–Crippen LogP) is 4.39. The number of carbonyl (C=O) groups excluding carboxylic acids is 3. The van der Waals surface area contributed by atoms with Crippen molar-refractivity contribution >= 4 is 35.0 Å². The minimum absolute atomic E-state index is 0.0316. The molecule has 4 heterocycles. The highest BCUT2D eigenvalue weighted by molar-refractivity contribution is 6.31. The van der Waals surface area contributed by atoms with Crippen molar-refractivity contribution < 1.29 is 23.5 Å². The first-order valence-electron chi connectivity index (χ1n) is 15.7. The van der Waals surface area contributed by atoms with Gasteiger partial charge in [0.2, 0.25) is 17.7 Å². The van der Waals surface area contributed by atoms with E-state index in [0.29, 0.717) is 30.6 Å². The average Bonchev–Trinajstić information content (AvgIpc) is 3.51. The Hall–Kier alpha value is -2.49. The fraction of sp³-hybridized carbons (Fsp3) is 0.656. The minimum Gasteiger partial charge on any atom is -0.359 e. The Morgan fingerprint density at radius 3 is 2.57 bits per heavy atom. The molecule has 0 aromatic heterocycles. The van der Waals surface area contributed by atoms with Crippen molar-refractivity contribution in [2.45, 2.75) is 82.6 Å². The van der Waals surface area contributed by atoms with Crippen LogP contribution in [0.1, 0.15) is 58.8 Å². The molecule has 3 saturated heterocycles. The van der Waals surface area contributed by atoms with Gasteiger partial charge in [0.25, 0.3) is 0 Å². The molecule has 1 aromatic rings. The fourth-order valence-corrected chi connectivity index (χ4v) is 8.14. The van der Waals surface area contributed by atoms with E-state index in [0.717, 1.165) is 45.2 Å². The van der Waals surface area contributed by atoms with Crippen LogP contribution in [0, 0.1) is 29.5 Å². The van der Waals surface area contributed by atoms with E-state index in [4.69, 9.17) is 16.3 Å². The Bertz CT molecular complexity index is 1250. The van der Waals surface area contributed by atoms with E-state index in [-0.39, 0.29) is 22.9 Å². The molecule has 6 rings (SSSR count). The molecule has 5 aliphatic rings. The van der Waals surface area contributed by atoms with Gasteiger partial charge in [-0.3, -0.25) is 14.4 Å². The van der Waals surface area contributed by atoms with Gasteiger partial charge in [-0.05, 0) is 62.4 Å². The number of anilines is 1. The molecule has 0 radical (unpaired) electrons. The lowest BCUT2D eigenvalue weighted by molar-refractivity contribution is -0.141. The molecular formula is C32H42ClFN4O4. The number of rotatable bonds is 7. The van der Waals surface area contributed by atoms with Crippen LogP contribution < -0.4 is 10.6 Å². The van der Waals surface area contributed by atoms with E-state index in [9.17, 15) is 18.8 Å². The van der Waals surface area contributed by atoms with Crippen molar-refractivity contribution in [3.63, 3.8) is 0 Å². The summed E-state index contributed by atoms with van der Waals surface area (Å²) < 4.78 is 20.2. The largest absolute Gasteiger partial charge is 0.359 e. The molecule has 1 saturated carbocycles. The quantitative estimate of drug-likeness (QED) is 0.453. The first-order valence-corrected chi connectivity index (χ1v) is 16.0. The number of nitrogens with one attached hydrogen (secondary N) is 2. The molecule has 2 bridgehead atoms. The van der Waals surface area contributed by atoms with Crippen molar-refractivity contribution in [3.05, 3.63) is 41.2 Å². The summed E-state index contributed by atoms with van der Waals surface area (Å²) in [6.45, 7) is 7.45. The molecule has 8 nitrogen and oxygen atoms in total. The average molecular weight is 601 g/mol. The van der Waals surface area contributed by atoms with E-state index in [2.05, 4.69) is 29.4 Å². The van der Waals surface area contributed by atoms with Gasteiger partial charge in [0.05, 0.1) is 23.0 Å². The Balaban J connectivity index is 1.27. The maximum absolute atomic E-state index is 14.3. The molecule has 10 heteroatoms. The van der Waals surface area contributed by atoms with E-state index >= 15 is 0 Å². The number of fused-ring (bicyclic) bond motifs is 1. The standard InChI is InChI=1S/C32H42ClFN4O4/c1-19-8-7-9-24(20(19)2)36-30(40)28-32-13-12-25(42-32)26(29(39)35-21-10-11-23(34)22(33)18-21)27(32)31(41)38(28)17-16-37-14-5-3-4-6-15-37/h10-13,18-20,24-28H,3-9,14-17H2,1-2H3,(H,35,39)(H,36,40)/t19-,20+,24+,25+,26+,27+,28+,32+/m1/s1. The molecular weight excluding hydrogens is 559 g/mol. The molecule has 4 aliphatic heterocycles. The minimum atomic E-state index is -1.21. The van der Waals surface area contributed by atoms with Crippen LogP contribution in [-0.2, 0) is 19.1 Å². The molecule has 1 spiro atoms. The summed E-state index contributed by atoms with van der Waals surface area (Å²) in [5, 5.41) is 6.02. The second-order valence-corrected chi connectivity index (χ2v) is 13.4. The molecule has 2 N–H and O–H groups in total. The van der Waals surface area contributed by atoms with Crippen LogP contribution in [0.25, 0.3) is 0 Å². The summed E-state index contributed by atoms with van der Waals surface area (Å²) in [5.41, 5.74) is -0.873.